The number of hydrogen-bond acceptors (Lipinski definition) is 5. The molecule has 0 saturated carbocycles. The monoisotopic (exact) mass is 341 g/mol. The molecule has 0 aliphatic rings. The molecule has 0 N–H and O–H groups in total. The maximum absolute atomic E-state index is 10.5. The molecule has 130 valence electrons. The lowest BCUT2D eigenvalue weighted by Gasteiger charge is -2.29. The van der Waals surface area contributed by atoms with Crippen molar-refractivity contribution in [2.24, 2.45) is 0 Å². The average Bonchev–Trinajstić information content (AvgIpc) is 2.55. The second-order valence-corrected chi connectivity index (χ2v) is 7.89. The van der Waals surface area contributed by atoms with Gasteiger partial charge in [-0.15, -0.1) is 0 Å². The van der Waals surface area contributed by atoms with E-state index in [1.165, 1.54) is 0 Å². The second kappa shape index (κ2) is 11.3. The average molecular weight is 341 g/mol. The first-order valence-electron chi connectivity index (χ1n) is 8.19. The van der Waals surface area contributed by atoms with Crippen LogP contribution in [0.2, 0.25) is 0 Å². The van der Waals surface area contributed by atoms with Crippen LogP contribution < -0.4 is 0 Å². The molecule has 0 aromatic heterocycles. The van der Waals surface area contributed by atoms with Gasteiger partial charge in [0.15, 0.2) is 0 Å². The van der Waals surface area contributed by atoms with Crippen LogP contribution in [-0.2, 0) is 19.3 Å². The molecule has 0 radical (unpaired) electrons. The normalized spacial score (nSPS) is 11.6. The SMILES string of the molecule is CCCO[Si](Cc1ccccc1)(OCCC)OCCC[N+](=O)[O-]. The standard InChI is InChI=1S/C16H27NO5Si/c1-3-12-20-23(21-13-4-2,22-14-8-11-17(18)19)15-16-9-6-5-7-10-16/h5-7,9-10H,3-4,8,11-15H2,1-2H3. The lowest BCUT2D eigenvalue weighted by atomic mass is 10.2. The summed E-state index contributed by atoms with van der Waals surface area (Å²) < 4.78 is 18.0. The van der Waals surface area contributed by atoms with Crippen LogP contribution in [0.4, 0.5) is 0 Å². The van der Waals surface area contributed by atoms with E-state index in [1.54, 1.807) is 0 Å². The van der Waals surface area contributed by atoms with E-state index in [0.29, 0.717) is 25.7 Å². The van der Waals surface area contributed by atoms with Gasteiger partial charge in [0.2, 0.25) is 6.54 Å². The van der Waals surface area contributed by atoms with Gasteiger partial charge in [0, 0.05) is 37.2 Å². The molecule has 0 saturated heterocycles. The van der Waals surface area contributed by atoms with Gasteiger partial charge < -0.3 is 13.3 Å². The molecule has 0 atom stereocenters. The highest BCUT2D eigenvalue weighted by Crippen LogP contribution is 2.18. The smallest absolute Gasteiger partial charge is 0.373 e. The Balaban J connectivity index is 2.77. The summed E-state index contributed by atoms with van der Waals surface area (Å²) in [5.74, 6) is 0. The van der Waals surface area contributed by atoms with E-state index in [0.717, 1.165) is 18.4 Å². The van der Waals surface area contributed by atoms with Crippen LogP contribution in [0.25, 0.3) is 0 Å². The van der Waals surface area contributed by atoms with Crippen molar-refractivity contribution in [3.8, 4) is 0 Å². The Morgan fingerprint density at radius 3 is 2.09 bits per heavy atom. The Bertz CT molecular complexity index is 435. The quantitative estimate of drug-likeness (QED) is 0.238. The van der Waals surface area contributed by atoms with Gasteiger partial charge in [-0.3, -0.25) is 10.1 Å². The maximum Gasteiger partial charge on any atom is 0.505 e. The van der Waals surface area contributed by atoms with E-state index in [1.807, 2.05) is 44.2 Å². The van der Waals surface area contributed by atoms with E-state index in [4.69, 9.17) is 13.3 Å². The Kier molecular flexibility index (Phi) is 9.70. The molecule has 1 rings (SSSR count). The Labute approximate surface area is 139 Å². The topological polar surface area (TPSA) is 70.8 Å². The Morgan fingerprint density at radius 2 is 1.57 bits per heavy atom. The lowest BCUT2D eigenvalue weighted by molar-refractivity contribution is -0.480. The minimum Gasteiger partial charge on any atom is -0.373 e. The molecule has 0 amide bonds. The zero-order valence-electron chi connectivity index (χ0n) is 14.0. The van der Waals surface area contributed by atoms with Crippen molar-refractivity contribution >= 4 is 8.80 Å². The largest absolute Gasteiger partial charge is 0.505 e. The van der Waals surface area contributed by atoms with Crippen molar-refractivity contribution in [2.45, 2.75) is 39.2 Å². The van der Waals surface area contributed by atoms with Gasteiger partial charge in [-0.2, -0.15) is 0 Å². The van der Waals surface area contributed by atoms with Crippen LogP contribution in [0.5, 0.6) is 0 Å². The number of nitrogens with zero attached hydrogens (tertiary/aromatic N) is 1. The first-order chi connectivity index (χ1) is 11.1. The molecular weight excluding hydrogens is 314 g/mol. The Hall–Kier alpha value is -1.28. The van der Waals surface area contributed by atoms with Gasteiger partial charge in [-0.25, -0.2) is 0 Å². The number of nitro groups is 1. The molecule has 6 nitrogen and oxygen atoms in total. The minimum atomic E-state index is -2.87. The van der Waals surface area contributed by atoms with Crippen LogP contribution >= 0.6 is 0 Å². The number of benzene rings is 1. The van der Waals surface area contributed by atoms with Crippen molar-refractivity contribution in [3.05, 3.63) is 46.0 Å². The molecule has 1 aromatic carbocycles. The predicted octanol–water partition coefficient (Wildman–Crippen LogP) is 3.24. The number of rotatable bonds is 13. The zero-order valence-corrected chi connectivity index (χ0v) is 15.0. The third-order valence-corrected chi connectivity index (χ3v) is 5.90. The summed E-state index contributed by atoms with van der Waals surface area (Å²) in [5.41, 5.74) is 1.10. The fourth-order valence-electron chi connectivity index (χ4n) is 2.06. The summed E-state index contributed by atoms with van der Waals surface area (Å²) in [6.07, 6.45) is 2.11. The van der Waals surface area contributed by atoms with Crippen LogP contribution in [-0.4, -0.2) is 40.1 Å². The maximum atomic E-state index is 10.5. The molecular formula is C16H27NO5Si. The fourth-order valence-corrected chi connectivity index (χ4v) is 4.84. The highest BCUT2D eigenvalue weighted by atomic mass is 28.4. The second-order valence-electron chi connectivity index (χ2n) is 5.30. The molecule has 0 bridgehead atoms. The molecule has 23 heavy (non-hydrogen) atoms. The zero-order chi connectivity index (χ0) is 17.0. The van der Waals surface area contributed by atoms with Crippen LogP contribution in [0.1, 0.15) is 38.7 Å². The van der Waals surface area contributed by atoms with E-state index < -0.39 is 8.80 Å². The summed E-state index contributed by atoms with van der Waals surface area (Å²) in [7, 11) is -2.87. The van der Waals surface area contributed by atoms with Gasteiger partial charge in [0.1, 0.15) is 0 Å². The molecule has 1 aromatic rings. The van der Waals surface area contributed by atoms with Crippen molar-refractivity contribution in [2.75, 3.05) is 26.4 Å². The van der Waals surface area contributed by atoms with Gasteiger partial charge in [-0.1, -0.05) is 44.2 Å². The van der Waals surface area contributed by atoms with Crippen molar-refractivity contribution in [3.63, 3.8) is 0 Å². The van der Waals surface area contributed by atoms with E-state index in [2.05, 4.69) is 0 Å². The Morgan fingerprint density at radius 1 is 1.00 bits per heavy atom. The first kappa shape index (κ1) is 19.8. The minimum absolute atomic E-state index is 0.0998. The van der Waals surface area contributed by atoms with Crippen LogP contribution in [0.15, 0.2) is 30.3 Å². The van der Waals surface area contributed by atoms with Gasteiger partial charge in [-0.05, 0) is 18.4 Å². The van der Waals surface area contributed by atoms with Gasteiger partial charge in [0.05, 0.1) is 0 Å². The van der Waals surface area contributed by atoms with Gasteiger partial charge >= 0.3 is 8.80 Å². The third kappa shape index (κ3) is 8.22. The highest BCUT2D eigenvalue weighted by molar-refractivity contribution is 6.60. The summed E-state index contributed by atoms with van der Waals surface area (Å²) in [6.45, 7) is 5.39. The number of hydrogen-bond donors (Lipinski definition) is 0. The molecule has 0 unspecified atom stereocenters. The van der Waals surface area contributed by atoms with Gasteiger partial charge in [0.25, 0.3) is 0 Å². The van der Waals surface area contributed by atoms with Crippen LogP contribution in [0, 0.1) is 10.1 Å². The van der Waals surface area contributed by atoms with Crippen molar-refractivity contribution in [1.29, 1.82) is 0 Å². The molecule has 0 heterocycles. The van der Waals surface area contributed by atoms with Crippen molar-refractivity contribution in [1.82, 2.24) is 0 Å². The van der Waals surface area contributed by atoms with Crippen molar-refractivity contribution < 1.29 is 18.2 Å². The van der Waals surface area contributed by atoms with E-state index in [9.17, 15) is 10.1 Å². The van der Waals surface area contributed by atoms with E-state index in [-0.39, 0.29) is 18.1 Å². The summed E-state index contributed by atoms with van der Waals surface area (Å²) >= 11 is 0. The predicted molar refractivity (Wildman–Crippen MR) is 90.8 cm³/mol. The molecule has 0 aliphatic heterocycles. The molecule has 0 spiro atoms. The molecule has 0 aliphatic carbocycles. The first-order valence-corrected chi connectivity index (χ1v) is 10.1. The van der Waals surface area contributed by atoms with Crippen LogP contribution in [0.3, 0.4) is 0 Å². The fraction of sp³-hybridized carbons (Fsp3) is 0.625. The third-order valence-electron chi connectivity index (χ3n) is 3.12. The molecule has 0 fully saturated rings. The summed E-state index contributed by atoms with van der Waals surface area (Å²) in [5, 5.41) is 10.5. The summed E-state index contributed by atoms with van der Waals surface area (Å²) in [6, 6.07) is 10.5. The highest BCUT2D eigenvalue weighted by Gasteiger charge is 2.41. The summed E-state index contributed by atoms with van der Waals surface area (Å²) in [4.78, 5) is 10.1. The lowest BCUT2D eigenvalue weighted by Crippen LogP contribution is -2.49. The van der Waals surface area contributed by atoms with E-state index >= 15 is 0 Å². The molecule has 7 heteroatoms.